The number of nitrogens with zero attached hydrogens (tertiary/aromatic N) is 4. The molecule has 0 spiro atoms. The standard InChI is InChI=1S/C32H41N5O4S/c1-7-24-19-36(42(39,40)28-12-10-9-11-27(28)41-24)18-23-17-22(14-13-20(23)3)29(32(5,6)31(33)38)25-15-16-26-30(21(25)4)34-35-37(26)8-2/h9-17,24,29,39-40H,7-8,18-19H2,1-6H3,(H2,33,38). The Hall–Kier alpha value is -3.44. The first-order chi connectivity index (χ1) is 19.9. The van der Waals surface area contributed by atoms with Gasteiger partial charge < -0.3 is 10.5 Å². The highest BCUT2D eigenvalue weighted by Crippen LogP contribution is 2.57. The van der Waals surface area contributed by atoms with E-state index < -0.39 is 22.1 Å². The number of carbonyl (C=O) groups excluding carboxylic acids is 1. The van der Waals surface area contributed by atoms with Crippen molar-refractivity contribution in [3.8, 4) is 5.75 Å². The molecule has 224 valence electrons. The number of hydrogen-bond donors (Lipinski definition) is 3. The molecule has 9 nitrogen and oxygen atoms in total. The minimum Gasteiger partial charge on any atom is -0.487 e. The average molecular weight is 592 g/mol. The number of hydrogen-bond acceptors (Lipinski definition) is 7. The Morgan fingerprint density at radius 2 is 1.88 bits per heavy atom. The summed E-state index contributed by atoms with van der Waals surface area (Å²) in [4.78, 5) is 13.3. The lowest BCUT2D eigenvalue weighted by molar-refractivity contribution is -0.126. The average Bonchev–Trinajstić information content (AvgIpc) is 3.34. The molecule has 1 aromatic heterocycles. The molecule has 0 saturated heterocycles. The van der Waals surface area contributed by atoms with E-state index in [2.05, 4.69) is 16.4 Å². The van der Waals surface area contributed by atoms with Gasteiger partial charge in [-0.25, -0.2) is 4.68 Å². The molecule has 0 radical (unpaired) electrons. The van der Waals surface area contributed by atoms with Crippen LogP contribution in [0.3, 0.4) is 0 Å². The second-order valence-corrected chi connectivity index (χ2v) is 13.7. The molecule has 42 heavy (non-hydrogen) atoms. The van der Waals surface area contributed by atoms with Crippen LogP contribution in [0.1, 0.15) is 67.9 Å². The van der Waals surface area contributed by atoms with Crippen LogP contribution in [0, 0.1) is 19.3 Å². The number of aryl methyl sites for hydroxylation is 3. The fourth-order valence-electron chi connectivity index (χ4n) is 5.92. The van der Waals surface area contributed by atoms with Gasteiger partial charge in [0.25, 0.3) is 0 Å². The fourth-order valence-corrected chi connectivity index (χ4v) is 7.53. The number of nitrogens with two attached hydrogens (primary N) is 1. The highest BCUT2D eigenvalue weighted by molar-refractivity contribution is 8.22. The van der Waals surface area contributed by atoms with E-state index in [0.29, 0.717) is 30.3 Å². The van der Waals surface area contributed by atoms with E-state index >= 15 is 0 Å². The molecule has 1 amide bonds. The maximum Gasteiger partial charge on any atom is 0.224 e. The zero-order valence-electron chi connectivity index (χ0n) is 25.2. The molecule has 0 bridgehead atoms. The van der Waals surface area contributed by atoms with Crippen molar-refractivity contribution in [2.45, 2.75) is 78.0 Å². The molecule has 3 aromatic carbocycles. The van der Waals surface area contributed by atoms with Gasteiger partial charge in [0.15, 0.2) is 0 Å². The summed E-state index contributed by atoms with van der Waals surface area (Å²) in [7, 11) is -3.32. The first-order valence-electron chi connectivity index (χ1n) is 14.4. The van der Waals surface area contributed by atoms with E-state index in [1.807, 2.05) is 76.6 Å². The number of fused-ring (bicyclic) bond motifs is 2. The van der Waals surface area contributed by atoms with Gasteiger partial charge in [-0.15, -0.1) is 15.9 Å². The summed E-state index contributed by atoms with van der Waals surface area (Å²) >= 11 is 0. The van der Waals surface area contributed by atoms with Gasteiger partial charge in [-0.2, -0.15) is 4.31 Å². The van der Waals surface area contributed by atoms with Crippen LogP contribution in [0.5, 0.6) is 5.75 Å². The number of carbonyl (C=O) groups is 1. The summed E-state index contributed by atoms with van der Waals surface area (Å²) in [6, 6.07) is 17.3. The maximum absolute atomic E-state index is 12.9. The van der Waals surface area contributed by atoms with Crippen molar-refractivity contribution >= 4 is 27.7 Å². The Morgan fingerprint density at radius 3 is 2.57 bits per heavy atom. The minimum atomic E-state index is -3.32. The van der Waals surface area contributed by atoms with Crippen molar-refractivity contribution < 1.29 is 18.6 Å². The smallest absolute Gasteiger partial charge is 0.224 e. The van der Waals surface area contributed by atoms with Crippen LogP contribution in [0.15, 0.2) is 59.5 Å². The van der Waals surface area contributed by atoms with Crippen molar-refractivity contribution in [1.82, 2.24) is 19.3 Å². The third-order valence-corrected chi connectivity index (χ3v) is 10.6. The Kier molecular flexibility index (Phi) is 8.10. The van der Waals surface area contributed by atoms with Gasteiger partial charge in [-0.1, -0.05) is 62.4 Å². The molecule has 4 N–H and O–H groups in total. The number of amides is 1. The first kappa shape index (κ1) is 30.0. The molecule has 4 aromatic rings. The number of ether oxygens (including phenoxy) is 1. The second kappa shape index (κ2) is 11.3. The summed E-state index contributed by atoms with van der Waals surface area (Å²) in [5, 5.41) is 8.75. The number of para-hydroxylation sites is 1. The molecule has 2 unspecified atom stereocenters. The predicted molar refractivity (Wildman–Crippen MR) is 167 cm³/mol. The Bertz CT molecular complexity index is 1630. The third kappa shape index (κ3) is 5.17. The van der Waals surface area contributed by atoms with E-state index in [1.165, 1.54) is 0 Å². The summed E-state index contributed by atoms with van der Waals surface area (Å²) in [5.41, 5.74) is 11.6. The summed E-state index contributed by atoms with van der Waals surface area (Å²) in [5.74, 6) is -0.276. The Morgan fingerprint density at radius 1 is 1.14 bits per heavy atom. The van der Waals surface area contributed by atoms with Gasteiger partial charge in [0.2, 0.25) is 5.91 Å². The lowest BCUT2D eigenvalue weighted by atomic mass is 9.69. The summed E-state index contributed by atoms with van der Waals surface area (Å²) in [6.45, 7) is 13.2. The van der Waals surface area contributed by atoms with Crippen LogP contribution >= 0.6 is 10.8 Å². The van der Waals surface area contributed by atoms with Gasteiger partial charge in [0.1, 0.15) is 22.3 Å². The van der Waals surface area contributed by atoms with Gasteiger partial charge >= 0.3 is 0 Å². The molecule has 2 heterocycles. The van der Waals surface area contributed by atoms with Crippen LogP contribution in [0.25, 0.3) is 11.0 Å². The highest BCUT2D eigenvalue weighted by atomic mass is 32.3. The van der Waals surface area contributed by atoms with Crippen molar-refractivity contribution in [3.05, 3.63) is 82.4 Å². The number of benzene rings is 3. The van der Waals surface area contributed by atoms with E-state index in [9.17, 15) is 13.9 Å². The largest absolute Gasteiger partial charge is 0.487 e. The lowest BCUT2D eigenvalue weighted by Gasteiger charge is -2.42. The Labute approximate surface area is 249 Å². The predicted octanol–water partition coefficient (Wildman–Crippen LogP) is 6.41. The topological polar surface area (TPSA) is 127 Å². The van der Waals surface area contributed by atoms with Crippen LogP contribution in [-0.2, 0) is 17.9 Å². The molecule has 0 aliphatic carbocycles. The highest BCUT2D eigenvalue weighted by Gasteiger charge is 2.39. The second-order valence-electron chi connectivity index (χ2n) is 11.7. The number of aromatic nitrogens is 3. The van der Waals surface area contributed by atoms with Gasteiger partial charge in [-0.3, -0.25) is 13.9 Å². The monoisotopic (exact) mass is 591 g/mol. The van der Waals surface area contributed by atoms with E-state index in [1.54, 1.807) is 22.5 Å². The van der Waals surface area contributed by atoms with E-state index in [0.717, 1.165) is 45.3 Å². The zero-order chi connectivity index (χ0) is 30.4. The summed E-state index contributed by atoms with van der Waals surface area (Å²) in [6.07, 6.45) is 0.523. The fraction of sp³-hybridized carbons (Fsp3) is 0.406. The SMILES string of the molecule is CCC1CN(Cc2cc(C(c3ccc4c(nnn4CC)c3C)C(C)(C)C(N)=O)ccc2C)S(O)(O)c2ccccc2O1. The maximum atomic E-state index is 12.9. The molecule has 0 saturated carbocycles. The van der Waals surface area contributed by atoms with Crippen LogP contribution < -0.4 is 10.5 Å². The van der Waals surface area contributed by atoms with Crippen molar-refractivity contribution in [2.75, 3.05) is 6.54 Å². The molecule has 5 rings (SSSR count). The Balaban J connectivity index is 1.61. The summed E-state index contributed by atoms with van der Waals surface area (Å²) < 4.78 is 32.9. The molecular weight excluding hydrogens is 550 g/mol. The van der Waals surface area contributed by atoms with Crippen molar-refractivity contribution in [2.24, 2.45) is 11.1 Å². The van der Waals surface area contributed by atoms with E-state index in [-0.39, 0.29) is 12.0 Å². The quantitative estimate of drug-likeness (QED) is 0.216. The number of rotatable bonds is 8. The van der Waals surface area contributed by atoms with Crippen LogP contribution in [-0.4, -0.2) is 47.0 Å². The van der Waals surface area contributed by atoms with Crippen LogP contribution in [0.4, 0.5) is 0 Å². The molecule has 2 atom stereocenters. The lowest BCUT2D eigenvalue weighted by Crippen LogP contribution is -2.38. The van der Waals surface area contributed by atoms with E-state index in [4.69, 9.17) is 10.5 Å². The third-order valence-electron chi connectivity index (χ3n) is 8.66. The molecule has 10 heteroatoms. The molecule has 0 fully saturated rings. The molecule has 1 aliphatic heterocycles. The minimum absolute atomic E-state index is 0.198. The molecular formula is C32H41N5O4S. The van der Waals surface area contributed by atoms with Gasteiger partial charge in [0, 0.05) is 19.0 Å². The van der Waals surface area contributed by atoms with Gasteiger partial charge in [0.05, 0.1) is 17.5 Å². The first-order valence-corrected chi connectivity index (χ1v) is 15.9. The zero-order valence-corrected chi connectivity index (χ0v) is 26.0. The van der Waals surface area contributed by atoms with Gasteiger partial charge in [-0.05, 0) is 73.2 Å². The van der Waals surface area contributed by atoms with Crippen LogP contribution in [0.2, 0.25) is 0 Å². The molecule has 1 aliphatic rings. The van der Waals surface area contributed by atoms with Crippen molar-refractivity contribution in [1.29, 1.82) is 0 Å². The van der Waals surface area contributed by atoms with Crippen molar-refractivity contribution in [3.63, 3.8) is 0 Å². The normalized spacial score (nSPS) is 18.6. The number of primary amides is 1.